The topological polar surface area (TPSA) is 55.1 Å². The van der Waals surface area contributed by atoms with Gasteiger partial charge in [-0.15, -0.1) is 0 Å². The van der Waals surface area contributed by atoms with Crippen molar-refractivity contribution >= 4 is 5.91 Å². The molecule has 18 heavy (non-hydrogen) atoms. The number of hydrogen-bond acceptors (Lipinski definition) is 2. The summed E-state index contributed by atoms with van der Waals surface area (Å²) < 4.78 is 0. The van der Waals surface area contributed by atoms with Gasteiger partial charge in [-0.1, -0.05) is 30.7 Å². The van der Waals surface area contributed by atoms with Crippen molar-refractivity contribution in [2.75, 3.05) is 13.1 Å². The molecule has 0 saturated heterocycles. The molecule has 1 rings (SSSR count). The molecule has 3 N–H and O–H groups in total. The van der Waals surface area contributed by atoms with E-state index in [9.17, 15) is 4.79 Å². The first-order valence-electron chi connectivity index (χ1n) is 6.58. The first-order valence-corrected chi connectivity index (χ1v) is 6.58. The molecule has 0 bridgehead atoms. The molecule has 0 aliphatic heterocycles. The van der Waals surface area contributed by atoms with Crippen LogP contribution in [0.25, 0.3) is 0 Å². The van der Waals surface area contributed by atoms with Crippen LogP contribution in [0, 0.1) is 19.8 Å². The summed E-state index contributed by atoms with van der Waals surface area (Å²) in [5.41, 5.74) is 9.30. The molecule has 1 amide bonds. The van der Waals surface area contributed by atoms with Crippen LogP contribution in [0.2, 0.25) is 0 Å². The molecule has 100 valence electrons. The lowest BCUT2D eigenvalue weighted by Crippen LogP contribution is -2.32. The Bertz CT molecular complexity index is 401. The van der Waals surface area contributed by atoms with Gasteiger partial charge in [0.05, 0.1) is 0 Å². The van der Waals surface area contributed by atoms with E-state index in [4.69, 9.17) is 5.73 Å². The van der Waals surface area contributed by atoms with Crippen molar-refractivity contribution in [2.45, 2.75) is 33.6 Å². The third-order valence-corrected chi connectivity index (χ3v) is 3.25. The van der Waals surface area contributed by atoms with Crippen LogP contribution in [0.5, 0.6) is 0 Å². The number of hydrogen-bond donors (Lipinski definition) is 2. The van der Waals surface area contributed by atoms with Crippen LogP contribution in [0.1, 0.15) is 30.0 Å². The van der Waals surface area contributed by atoms with E-state index in [0.29, 0.717) is 13.1 Å². The average molecular weight is 248 g/mol. The molecule has 1 atom stereocenters. The number of aryl methyl sites for hydroxylation is 2. The van der Waals surface area contributed by atoms with Gasteiger partial charge in [0.1, 0.15) is 0 Å². The summed E-state index contributed by atoms with van der Waals surface area (Å²) in [5.74, 6) is 0.111. The van der Waals surface area contributed by atoms with E-state index in [-0.39, 0.29) is 11.8 Å². The summed E-state index contributed by atoms with van der Waals surface area (Å²) >= 11 is 0. The number of amides is 1. The van der Waals surface area contributed by atoms with E-state index >= 15 is 0 Å². The van der Waals surface area contributed by atoms with Crippen LogP contribution in [0.3, 0.4) is 0 Å². The predicted octanol–water partition coefficient (Wildman–Crippen LogP) is 1.95. The molecule has 0 fully saturated rings. The molecule has 1 aromatic carbocycles. The van der Waals surface area contributed by atoms with Gasteiger partial charge in [-0.3, -0.25) is 4.79 Å². The Morgan fingerprint density at radius 2 is 2.11 bits per heavy atom. The highest BCUT2D eigenvalue weighted by Crippen LogP contribution is 2.11. The molecule has 0 aliphatic carbocycles. The highest BCUT2D eigenvalue weighted by atomic mass is 16.1. The monoisotopic (exact) mass is 248 g/mol. The molecular formula is C15H24N2O. The lowest BCUT2D eigenvalue weighted by Gasteiger charge is -2.12. The Morgan fingerprint density at radius 1 is 1.39 bits per heavy atom. The number of benzene rings is 1. The fourth-order valence-electron chi connectivity index (χ4n) is 1.95. The van der Waals surface area contributed by atoms with Crippen molar-refractivity contribution in [1.82, 2.24) is 5.32 Å². The van der Waals surface area contributed by atoms with Crippen LogP contribution in [0.15, 0.2) is 18.2 Å². The Kier molecular flexibility index (Phi) is 5.86. The maximum atomic E-state index is 11.7. The largest absolute Gasteiger partial charge is 0.356 e. The molecular weight excluding hydrogens is 224 g/mol. The van der Waals surface area contributed by atoms with Crippen molar-refractivity contribution in [2.24, 2.45) is 11.7 Å². The zero-order valence-electron chi connectivity index (χ0n) is 11.6. The fourth-order valence-corrected chi connectivity index (χ4v) is 1.95. The SMILES string of the molecule is Cc1ccc(C)c(CCNC(=O)C(C)CCN)c1. The van der Waals surface area contributed by atoms with Crippen molar-refractivity contribution < 1.29 is 4.79 Å². The number of nitrogens with two attached hydrogens (primary N) is 1. The smallest absolute Gasteiger partial charge is 0.222 e. The van der Waals surface area contributed by atoms with Gasteiger partial charge in [-0.25, -0.2) is 0 Å². The normalized spacial score (nSPS) is 12.2. The molecule has 0 heterocycles. The second kappa shape index (κ2) is 7.17. The zero-order valence-corrected chi connectivity index (χ0v) is 11.6. The van der Waals surface area contributed by atoms with Gasteiger partial charge in [0.15, 0.2) is 0 Å². The van der Waals surface area contributed by atoms with E-state index in [1.54, 1.807) is 0 Å². The molecule has 3 heteroatoms. The van der Waals surface area contributed by atoms with Gasteiger partial charge in [0, 0.05) is 12.5 Å². The van der Waals surface area contributed by atoms with Gasteiger partial charge in [-0.05, 0) is 44.4 Å². The number of carbonyl (C=O) groups is 1. The van der Waals surface area contributed by atoms with Crippen LogP contribution in [-0.2, 0) is 11.2 Å². The Balaban J connectivity index is 2.42. The summed E-state index contributed by atoms with van der Waals surface area (Å²) in [6.45, 7) is 7.36. The van der Waals surface area contributed by atoms with Crippen molar-refractivity contribution in [3.05, 3.63) is 34.9 Å². The minimum absolute atomic E-state index is 0.00797. The van der Waals surface area contributed by atoms with E-state index in [1.165, 1.54) is 16.7 Å². The van der Waals surface area contributed by atoms with Gasteiger partial charge in [-0.2, -0.15) is 0 Å². The molecule has 3 nitrogen and oxygen atoms in total. The Morgan fingerprint density at radius 3 is 2.78 bits per heavy atom. The molecule has 0 aromatic heterocycles. The van der Waals surface area contributed by atoms with E-state index in [2.05, 4.69) is 37.4 Å². The summed E-state index contributed by atoms with van der Waals surface area (Å²) in [7, 11) is 0. The second-order valence-electron chi connectivity index (χ2n) is 4.95. The number of nitrogens with one attached hydrogen (secondary N) is 1. The summed E-state index contributed by atoms with van der Waals surface area (Å²) in [6, 6.07) is 6.43. The summed E-state index contributed by atoms with van der Waals surface area (Å²) in [6.07, 6.45) is 1.63. The number of rotatable bonds is 6. The molecule has 1 unspecified atom stereocenters. The van der Waals surface area contributed by atoms with Crippen molar-refractivity contribution in [3.63, 3.8) is 0 Å². The summed E-state index contributed by atoms with van der Waals surface area (Å²) in [5, 5.41) is 2.97. The highest BCUT2D eigenvalue weighted by molar-refractivity contribution is 5.78. The minimum Gasteiger partial charge on any atom is -0.356 e. The Hall–Kier alpha value is -1.35. The quantitative estimate of drug-likeness (QED) is 0.808. The van der Waals surface area contributed by atoms with Crippen molar-refractivity contribution in [3.8, 4) is 0 Å². The molecule has 0 aliphatic rings. The third-order valence-electron chi connectivity index (χ3n) is 3.25. The van der Waals surface area contributed by atoms with Crippen molar-refractivity contribution in [1.29, 1.82) is 0 Å². The maximum absolute atomic E-state index is 11.7. The standard InChI is InChI=1S/C15H24N2O/c1-11-4-5-12(2)14(10-11)7-9-17-15(18)13(3)6-8-16/h4-5,10,13H,6-9,16H2,1-3H3,(H,17,18). The van der Waals surface area contributed by atoms with Gasteiger partial charge >= 0.3 is 0 Å². The van der Waals surface area contributed by atoms with Crippen LogP contribution in [0.4, 0.5) is 0 Å². The molecule has 0 saturated carbocycles. The Labute approximate surface area is 110 Å². The first kappa shape index (κ1) is 14.7. The maximum Gasteiger partial charge on any atom is 0.222 e. The zero-order chi connectivity index (χ0) is 13.5. The van der Waals surface area contributed by atoms with Crippen LogP contribution in [-0.4, -0.2) is 19.0 Å². The lowest BCUT2D eigenvalue weighted by molar-refractivity contribution is -0.124. The third kappa shape index (κ3) is 4.49. The highest BCUT2D eigenvalue weighted by Gasteiger charge is 2.10. The first-order chi connectivity index (χ1) is 8.54. The molecule has 1 aromatic rings. The van der Waals surface area contributed by atoms with Gasteiger partial charge in [0.25, 0.3) is 0 Å². The van der Waals surface area contributed by atoms with Crippen LogP contribution >= 0.6 is 0 Å². The van der Waals surface area contributed by atoms with E-state index in [0.717, 1.165) is 12.8 Å². The lowest BCUT2D eigenvalue weighted by atomic mass is 10.0. The van der Waals surface area contributed by atoms with E-state index < -0.39 is 0 Å². The average Bonchev–Trinajstić information content (AvgIpc) is 2.33. The molecule has 0 radical (unpaired) electrons. The number of carbonyl (C=O) groups excluding carboxylic acids is 1. The summed E-state index contributed by atoms with van der Waals surface area (Å²) in [4.78, 5) is 11.7. The van der Waals surface area contributed by atoms with Crippen LogP contribution < -0.4 is 11.1 Å². The van der Waals surface area contributed by atoms with Gasteiger partial charge < -0.3 is 11.1 Å². The minimum atomic E-state index is 0.00797. The van der Waals surface area contributed by atoms with Gasteiger partial charge in [0.2, 0.25) is 5.91 Å². The predicted molar refractivity (Wildman–Crippen MR) is 75.5 cm³/mol. The van der Waals surface area contributed by atoms with E-state index in [1.807, 2.05) is 6.92 Å². The fraction of sp³-hybridized carbons (Fsp3) is 0.533. The second-order valence-corrected chi connectivity index (χ2v) is 4.95. The molecule has 0 spiro atoms.